The van der Waals surface area contributed by atoms with E-state index >= 15 is 0 Å². The predicted octanol–water partition coefficient (Wildman–Crippen LogP) is 4.23. The van der Waals surface area contributed by atoms with Crippen LogP contribution in [0.3, 0.4) is 0 Å². The molecule has 2 N–H and O–H groups in total. The average molecular weight is 387 g/mol. The summed E-state index contributed by atoms with van der Waals surface area (Å²) in [4.78, 5) is 14.0. The summed E-state index contributed by atoms with van der Waals surface area (Å²) in [5, 5.41) is 5.51. The van der Waals surface area contributed by atoms with Gasteiger partial charge in [-0.25, -0.2) is 8.78 Å². The second kappa shape index (κ2) is 8.84. The van der Waals surface area contributed by atoms with Gasteiger partial charge in [-0.3, -0.25) is 4.79 Å². The smallest absolute Gasteiger partial charge is 0.257 e. The summed E-state index contributed by atoms with van der Waals surface area (Å²) >= 11 is 0. The first-order valence-corrected chi connectivity index (χ1v) is 9.15. The summed E-state index contributed by atoms with van der Waals surface area (Å²) in [7, 11) is 1.61. The summed E-state index contributed by atoms with van der Waals surface area (Å²) in [5.74, 6) is -1.27. The van der Waals surface area contributed by atoms with Crippen molar-refractivity contribution >= 4 is 28.5 Å². The van der Waals surface area contributed by atoms with Gasteiger partial charge in [0.25, 0.3) is 5.91 Å². The predicted molar refractivity (Wildman–Crippen MR) is 107 cm³/mol. The highest BCUT2D eigenvalue weighted by Gasteiger charge is 2.27. The molecule has 0 fully saturated rings. The number of fused-ring (bicyclic) bond motifs is 1. The van der Waals surface area contributed by atoms with E-state index in [1.165, 1.54) is 24.4 Å². The highest BCUT2D eigenvalue weighted by atomic mass is 19.1. The number of ether oxygens (including phenoxy) is 1. The van der Waals surface area contributed by atoms with Crippen molar-refractivity contribution in [1.29, 1.82) is 0 Å². The number of hydrogen-bond donors (Lipinski definition) is 2. The number of amides is 1. The van der Waals surface area contributed by atoms with Gasteiger partial charge in [-0.15, -0.1) is 0 Å². The van der Waals surface area contributed by atoms with E-state index in [1.807, 2.05) is 11.8 Å². The third kappa shape index (κ3) is 4.14. The lowest BCUT2D eigenvalue weighted by Crippen LogP contribution is -2.28. The van der Waals surface area contributed by atoms with Crippen molar-refractivity contribution in [2.24, 2.45) is 0 Å². The Balaban J connectivity index is 1.80. The number of carbonyl (C=O) groups is 1. The molecule has 0 saturated carbocycles. The lowest BCUT2D eigenvalue weighted by atomic mass is 10.1. The minimum Gasteiger partial charge on any atom is -0.383 e. The van der Waals surface area contributed by atoms with E-state index in [9.17, 15) is 13.6 Å². The number of hydrogen-bond acceptors (Lipinski definition) is 4. The minimum atomic E-state index is -0.487. The van der Waals surface area contributed by atoms with Gasteiger partial charge in [0.15, 0.2) is 0 Å². The molecule has 0 bridgehead atoms. The second-order valence-electron chi connectivity index (χ2n) is 6.46. The number of anilines is 3. The molecular weight excluding hydrogens is 364 g/mol. The van der Waals surface area contributed by atoms with Crippen LogP contribution in [0.5, 0.6) is 0 Å². The van der Waals surface area contributed by atoms with Crippen molar-refractivity contribution in [1.82, 2.24) is 0 Å². The van der Waals surface area contributed by atoms with Crippen LogP contribution in [0, 0.1) is 11.6 Å². The van der Waals surface area contributed by atoms with Gasteiger partial charge >= 0.3 is 0 Å². The SMILES string of the molecule is CCCN(CCOC)c1ccc(NC=C2C(=O)Nc3cccc(F)c32)cc1F. The zero-order chi connectivity index (χ0) is 20.1. The number of rotatable bonds is 8. The second-order valence-corrected chi connectivity index (χ2v) is 6.46. The molecule has 2 aromatic carbocycles. The first-order valence-electron chi connectivity index (χ1n) is 9.15. The van der Waals surface area contributed by atoms with Crippen LogP contribution in [0.25, 0.3) is 5.57 Å². The van der Waals surface area contributed by atoms with Crippen molar-refractivity contribution in [3.05, 3.63) is 59.8 Å². The monoisotopic (exact) mass is 387 g/mol. The van der Waals surface area contributed by atoms with Gasteiger partial charge in [-0.05, 0) is 36.8 Å². The standard InChI is InChI=1S/C21H23F2N3O2/c1-3-9-26(10-11-28-2)19-8-7-14(12-17(19)23)24-13-15-20-16(22)5-4-6-18(20)25-21(15)27/h4-8,12-13,24H,3,9-11H2,1-2H3,(H,25,27). The van der Waals surface area contributed by atoms with E-state index in [0.29, 0.717) is 36.8 Å². The molecule has 7 heteroatoms. The van der Waals surface area contributed by atoms with Crippen LogP contribution in [0.15, 0.2) is 42.6 Å². The highest BCUT2D eigenvalue weighted by Crippen LogP contribution is 2.33. The van der Waals surface area contributed by atoms with Crippen LogP contribution in [-0.2, 0) is 9.53 Å². The summed E-state index contributed by atoms with van der Waals surface area (Å²) in [6, 6.07) is 9.23. The first kappa shape index (κ1) is 19.8. The van der Waals surface area contributed by atoms with Crippen LogP contribution in [-0.4, -0.2) is 32.7 Å². The molecule has 0 saturated heterocycles. The summed E-state index contributed by atoms with van der Waals surface area (Å²) in [6.07, 6.45) is 2.28. The molecule has 0 radical (unpaired) electrons. The van der Waals surface area contributed by atoms with E-state index in [0.717, 1.165) is 6.42 Å². The zero-order valence-corrected chi connectivity index (χ0v) is 15.9. The number of benzene rings is 2. The van der Waals surface area contributed by atoms with Gasteiger partial charge in [0, 0.05) is 37.7 Å². The number of nitrogens with one attached hydrogen (secondary N) is 2. The molecule has 28 heavy (non-hydrogen) atoms. The maximum atomic E-state index is 14.6. The third-order valence-corrected chi connectivity index (χ3v) is 4.51. The summed E-state index contributed by atoms with van der Waals surface area (Å²) in [5.41, 5.74) is 1.77. The van der Waals surface area contributed by atoms with Crippen molar-refractivity contribution in [3.8, 4) is 0 Å². The van der Waals surface area contributed by atoms with E-state index in [2.05, 4.69) is 10.6 Å². The van der Waals surface area contributed by atoms with E-state index in [4.69, 9.17) is 4.74 Å². The Morgan fingerprint density at radius 1 is 1.18 bits per heavy atom. The quantitative estimate of drug-likeness (QED) is 0.666. The van der Waals surface area contributed by atoms with E-state index in [-0.39, 0.29) is 17.0 Å². The normalized spacial score (nSPS) is 14.1. The zero-order valence-electron chi connectivity index (χ0n) is 15.9. The van der Waals surface area contributed by atoms with Crippen LogP contribution in [0.1, 0.15) is 18.9 Å². The Labute approximate surface area is 163 Å². The molecule has 1 heterocycles. The van der Waals surface area contributed by atoms with Gasteiger partial charge in [-0.2, -0.15) is 0 Å². The Morgan fingerprint density at radius 2 is 2.00 bits per heavy atom. The molecule has 0 spiro atoms. The Morgan fingerprint density at radius 3 is 2.71 bits per heavy atom. The van der Waals surface area contributed by atoms with Crippen LogP contribution >= 0.6 is 0 Å². The van der Waals surface area contributed by atoms with Gasteiger partial charge < -0.3 is 20.3 Å². The van der Waals surface area contributed by atoms with Crippen molar-refractivity contribution < 1.29 is 18.3 Å². The fraction of sp³-hybridized carbons (Fsp3) is 0.286. The topological polar surface area (TPSA) is 53.6 Å². The maximum Gasteiger partial charge on any atom is 0.257 e. The minimum absolute atomic E-state index is 0.172. The number of methoxy groups -OCH3 is 1. The molecule has 5 nitrogen and oxygen atoms in total. The van der Waals surface area contributed by atoms with E-state index in [1.54, 1.807) is 25.3 Å². The number of halogens is 2. The molecule has 1 aliphatic heterocycles. The van der Waals surface area contributed by atoms with Crippen molar-refractivity contribution in [2.45, 2.75) is 13.3 Å². The van der Waals surface area contributed by atoms with E-state index < -0.39 is 11.7 Å². The molecule has 2 aromatic rings. The lowest BCUT2D eigenvalue weighted by Gasteiger charge is -2.24. The van der Waals surface area contributed by atoms with Gasteiger partial charge in [0.1, 0.15) is 11.6 Å². The largest absolute Gasteiger partial charge is 0.383 e. The molecule has 148 valence electrons. The van der Waals surface area contributed by atoms with Crippen molar-refractivity contribution in [3.63, 3.8) is 0 Å². The molecule has 0 atom stereocenters. The summed E-state index contributed by atoms with van der Waals surface area (Å²) < 4.78 is 33.8. The number of carbonyl (C=O) groups excluding carboxylic acids is 1. The molecule has 0 aliphatic carbocycles. The van der Waals surface area contributed by atoms with Crippen LogP contribution < -0.4 is 15.5 Å². The summed E-state index contributed by atoms with van der Waals surface area (Å²) in [6.45, 7) is 3.84. The lowest BCUT2D eigenvalue weighted by molar-refractivity contribution is -0.110. The molecule has 3 rings (SSSR count). The van der Waals surface area contributed by atoms with Crippen molar-refractivity contribution in [2.75, 3.05) is 42.3 Å². The molecular formula is C21H23F2N3O2. The molecule has 0 aromatic heterocycles. The van der Waals surface area contributed by atoms with Crippen LogP contribution in [0.2, 0.25) is 0 Å². The average Bonchev–Trinajstić information content (AvgIpc) is 3.00. The third-order valence-electron chi connectivity index (χ3n) is 4.51. The Hall–Kier alpha value is -2.93. The van der Waals surface area contributed by atoms with Gasteiger partial charge in [-0.1, -0.05) is 13.0 Å². The number of nitrogens with zero attached hydrogens (tertiary/aromatic N) is 1. The van der Waals surface area contributed by atoms with Crippen LogP contribution in [0.4, 0.5) is 25.8 Å². The fourth-order valence-corrected chi connectivity index (χ4v) is 3.18. The van der Waals surface area contributed by atoms with Gasteiger partial charge in [0.2, 0.25) is 0 Å². The fourth-order valence-electron chi connectivity index (χ4n) is 3.18. The van der Waals surface area contributed by atoms with Gasteiger partial charge in [0.05, 0.1) is 23.6 Å². The first-order chi connectivity index (χ1) is 13.5. The molecule has 0 unspecified atom stereocenters. The maximum absolute atomic E-state index is 14.6. The Bertz CT molecular complexity index is 899. The molecule has 1 aliphatic rings. The highest BCUT2D eigenvalue weighted by molar-refractivity contribution is 6.31. The molecule has 1 amide bonds. The Kier molecular flexibility index (Phi) is 6.26.